The van der Waals surface area contributed by atoms with E-state index in [0.29, 0.717) is 11.8 Å². The van der Waals surface area contributed by atoms with Crippen LogP contribution in [0.4, 0.5) is 5.82 Å². The Labute approximate surface area is 209 Å². The highest BCUT2D eigenvalue weighted by molar-refractivity contribution is 7.18. The molecule has 2 fully saturated rings. The Bertz CT molecular complexity index is 1300. The van der Waals surface area contributed by atoms with E-state index >= 15 is 0 Å². The number of benzene rings is 1. The van der Waals surface area contributed by atoms with Gasteiger partial charge in [-0.1, -0.05) is 19.1 Å². The molecule has 0 atom stereocenters. The number of fused-ring (bicyclic) bond motifs is 2. The van der Waals surface area contributed by atoms with Gasteiger partial charge in [-0.2, -0.15) is 15.0 Å². The lowest BCUT2D eigenvalue weighted by atomic mass is 9.81. The first-order valence-electron chi connectivity index (χ1n) is 12.7. The van der Waals surface area contributed by atoms with Gasteiger partial charge in [0.05, 0.1) is 11.9 Å². The van der Waals surface area contributed by atoms with Crippen LogP contribution in [0.3, 0.4) is 0 Å². The van der Waals surface area contributed by atoms with Crippen molar-refractivity contribution in [1.29, 1.82) is 0 Å². The van der Waals surface area contributed by atoms with Crippen molar-refractivity contribution in [3.63, 3.8) is 0 Å². The van der Waals surface area contributed by atoms with Gasteiger partial charge < -0.3 is 9.80 Å². The first-order chi connectivity index (χ1) is 17.2. The first kappa shape index (κ1) is 22.4. The van der Waals surface area contributed by atoms with Crippen LogP contribution < -0.4 is 4.90 Å². The number of carbonyl (C=O) groups is 1. The van der Waals surface area contributed by atoms with Crippen LogP contribution in [0.1, 0.15) is 37.5 Å². The van der Waals surface area contributed by atoms with Gasteiger partial charge >= 0.3 is 0 Å². The summed E-state index contributed by atoms with van der Waals surface area (Å²) in [6, 6.07) is 10.2. The summed E-state index contributed by atoms with van der Waals surface area (Å²) in [6.07, 6.45) is 6.73. The summed E-state index contributed by atoms with van der Waals surface area (Å²) in [5.74, 6) is 2.04. The van der Waals surface area contributed by atoms with Gasteiger partial charge in [0.15, 0.2) is 0 Å². The Hall–Kier alpha value is -3.07. The van der Waals surface area contributed by atoms with Crippen LogP contribution in [0.5, 0.6) is 0 Å². The SMILES string of the molecule is CCc1cc2c(N3CCN(C(=O)C4CCC(Cn5nc6ccccc6n5)CC4)CC3)ncnc2s1. The third-order valence-corrected chi connectivity index (χ3v) is 8.73. The molecule has 0 N–H and O–H groups in total. The molecule has 35 heavy (non-hydrogen) atoms. The van der Waals surface area contributed by atoms with Crippen LogP contribution in [-0.2, 0) is 17.8 Å². The summed E-state index contributed by atoms with van der Waals surface area (Å²) in [5.41, 5.74) is 1.89. The molecule has 2 aliphatic rings. The number of amides is 1. The molecule has 0 unspecified atom stereocenters. The lowest BCUT2D eigenvalue weighted by Crippen LogP contribution is -2.51. The quantitative estimate of drug-likeness (QED) is 0.419. The molecular formula is C26H31N7OS. The van der Waals surface area contributed by atoms with E-state index in [2.05, 4.69) is 43.0 Å². The maximum Gasteiger partial charge on any atom is 0.225 e. The van der Waals surface area contributed by atoms with Gasteiger partial charge in [0, 0.05) is 37.0 Å². The summed E-state index contributed by atoms with van der Waals surface area (Å²) in [6.45, 7) is 6.18. The normalized spacial score (nSPS) is 21.2. The van der Waals surface area contributed by atoms with Gasteiger partial charge in [0.1, 0.15) is 28.0 Å². The van der Waals surface area contributed by atoms with E-state index in [-0.39, 0.29) is 5.92 Å². The van der Waals surface area contributed by atoms with Gasteiger partial charge in [-0.15, -0.1) is 11.3 Å². The van der Waals surface area contributed by atoms with Gasteiger partial charge in [-0.05, 0) is 56.2 Å². The van der Waals surface area contributed by atoms with E-state index < -0.39 is 0 Å². The Morgan fingerprint density at radius 2 is 1.71 bits per heavy atom. The highest BCUT2D eigenvalue weighted by atomic mass is 32.1. The van der Waals surface area contributed by atoms with Gasteiger partial charge in [-0.3, -0.25) is 4.79 Å². The molecule has 182 valence electrons. The standard InChI is InChI=1S/C26H31N7OS/c1-2-20-15-21-24(27-17-28-25(21)35-20)31-11-13-32(14-12-31)26(34)19-9-7-18(8-10-19)16-33-29-22-5-3-4-6-23(22)30-33/h3-6,15,17-19H,2,7-14,16H2,1H3. The summed E-state index contributed by atoms with van der Waals surface area (Å²) >= 11 is 1.75. The molecule has 1 saturated heterocycles. The predicted octanol–water partition coefficient (Wildman–Crippen LogP) is 4.15. The van der Waals surface area contributed by atoms with E-state index in [1.54, 1.807) is 17.7 Å². The third-order valence-electron chi connectivity index (χ3n) is 7.54. The minimum atomic E-state index is 0.150. The average Bonchev–Trinajstić information content (AvgIpc) is 3.52. The molecule has 0 radical (unpaired) electrons. The predicted molar refractivity (Wildman–Crippen MR) is 139 cm³/mol. The second kappa shape index (κ2) is 9.53. The number of thiophene rings is 1. The second-order valence-electron chi connectivity index (χ2n) is 9.76. The fraction of sp³-hybridized carbons (Fsp3) is 0.500. The van der Waals surface area contributed by atoms with Crippen molar-refractivity contribution >= 4 is 44.3 Å². The van der Waals surface area contributed by atoms with Crippen LogP contribution in [0.25, 0.3) is 21.3 Å². The minimum Gasteiger partial charge on any atom is -0.352 e. The van der Waals surface area contributed by atoms with Crippen molar-refractivity contribution in [3.05, 3.63) is 41.5 Å². The lowest BCUT2D eigenvalue weighted by molar-refractivity contribution is -0.137. The lowest BCUT2D eigenvalue weighted by Gasteiger charge is -2.38. The van der Waals surface area contributed by atoms with Crippen molar-refractivity contribution in [1.82, 2.24) is 29.9 Å². The van der Waals surface area contributed by atoms with E-state index in [4.69, 9.17) is 0 Å². The molecule has 1 aromatic carbocycles. The molecule has 1 aliphatic carbocycles. The zero-order valence-corrected chi connectivity index (χ0v) is 21.0. The van der Waals surface area contributed by atoms with E-state index in [1.807, 2.05) is 29.1 Å². The molecule has 1 amide bonds. The highest BCUT2D eigenvalue weighted by Gasteiger charge is 2.32. The van der Waals surface area contributed by atoms with Crippen LogP contribution in [0, 0.1) is 11.8 Å². The van der Waals surface area contributed by atoms with Gasteiger partial charge in [-0.25, -0.2) is 9.97 Å². The summed E-state index contributed by atoms with van der Waals surface area (Å²) in [7, 11) is 0. The van der Waals surface area contributed by atoms with Crippen LogP contribution in [0.2, 0.25) is 0 Å². The fourth-order valence-electron chi connectivity index (χ4n) is 5.52. The number of anilines is 1. The van der Waals surface area contributed by atoms with Crippen LogP contribution in [0.15, 0.2) is 36.7 Å². The molecule has 0 bridgehead atoms. The number of nitrogens with zero attached hydrogens (tertiary/aromatic N) is 7. The van der Waals surface area contributed by atoms with E-state index in [9.17, 15) is 4.79 Å². The Balaban J connectivity index is 1.02. The first-order valence-corrected chi connectivity index (χ1v) is 13.6. The molecule has 1 saturated carbocycles. The van der Waals surface area contributed by atoms with E-state index in [1.165, 1.54) is 4.88 Å². The zero-order chi connectivity index (χ0) is 23.8. The van der Waals surface area contributed by atoms with Crippen molar-refractivity contribution in [2.45, 2.75) is 45.6 Å². The second-order valence-corrected chi connectivity index (χ2v) is 10.9. The average molecular weight is 490 g/mol. The topological polar surface area (TPSA) is 80.0 Å². The van der Waals surface area contributed by atoms with Crippen molar-refractivity contribution in [2.75, 3.05) is 31.1 Å². The Morgan fingerprint density at radius 3 is 2.40 bits per heavy atom. The number of aryl methyl sites for hydroxylation is 1. The highest BCUT2D eigenvalue weighted by Crippen LogP contribution is 2.33. The number of carbonyl (C=O) groups excluding carboxylic acids is 1. The number of hydrogen-bond acceptors (Lipinski definition) is 7. The summed E-state index contributed by atoms with van der Waals surface area (Å²) in [5, 5.41) is 10.4. The Morgan fingerprint density at radius 1 is 1.00 bits per heavy atom. The summed E-state index contributed by atoms with van der Waals surface area (Å²) in [4.78, 5) is 31.0. The number of piperazine rings is 1. The van der Waals surface area contributed by atoms with Gasteiger partial charge in [0.25, 0.3) is 0 Å². The number of hydrogen-bond donors (Lipinski definition) is 0. The molecule has 4 heterocycles. The molecule has 4 aromatic rings. The maximum absolute atomic E-state index is 13.3. The zero-order valence-electron chi connectivity index (χ0n) is 20.1. The molecular weight excluding hydrogens is 458 g/mol. The summed E-state index contributed by atoms with van der Waals surface area (Å²) < 4.78 is 0. The molecule has 0 spiro atoms. The maximum atomic E-state index is 13.3. The largest absolute Gasteiger partial charge is 0.352 e. The fourth-order valence-corrected chi connectivity index (χ4v) is 6.45. The third kappa shape index (κ3) is 4.49. The van der Waals surface area contributed by atoms with Crippen molar-refractivity contribution < 1.29 is 4.79 Å². The van der Waals surface area contributed by atoms with E-state index in [0.717, 1.165) is 91.9 Å². The van der Waals surface area contributed by atoms with Crippen LogP contribution >= 0.6 is 11.3 Å². The Kier molecular flexibility index (Phi) is 6.10. The van der Waals surface area contributed by atoms with Crippen molar-refractivity contribution in [2.24, 2.45) is 11.8 Å². The molecule has 1 aliphatic heterocycles. The molecule has 6 rings (SSSR count). The van der Waals surface area contributed by atoms with Crippen LogP contribution in [-0.4, -0.2) is 61.9 Å². The molecule has 3 aromatic heterocycles. The molecule has 8 nitrogen and oxygen atoms in total. The number of aromatic nitrogens is 5. The number of rotatable bonds is 5. The smallest absolute Gasteiger partial charge is 0.225 e. The molecule has 9 heteroatoms. The minimum absolute atomic E-state index is 0.150. The van der Waals surface area contributed by atoms with Gasteiger partial charge in [0.2, 0.25) is 5.91 Å². The monoisotopic (exact) mass is 489 g/mol. The van der Waals surface area contributed by atoms with Crippen molar-refractivity contribution in [3.8, 4) is 0 Å².